The molecule has 0 spiro atoms. The highest BCUT2D eigenvalue weighted by Crippen LogP contribution is 2.37. The van der Waals surface area contributed by atoms with Gasteiger partial charge < -0.3 is 10.1 Å². The Labute approximate surface area is 168 Å². The van der Waals surface area contributed by atoms with E-state index in [1.807, 2.05) is 5.38 Å². The van der Waals surface area contributed by atoms with Gasteiger partial charge in [0.1, 0.15) is 10.6 Å². The van der Waals surface area contributed by atoms with E-state index in [4.69, 9.17) is 4.74 Å². The molecule has 0 saturated heterocycles. The van der Waals surface area contributed by atoms with E-state index < -0.39 is 5.97 Å². The summed E-state index contributed by atoms with van der Waals surface area (Å²) in [5.41, 5.74) is 4.99. The topological polar surface area (TPSA) is 55.4 Å². The van der Waals surface area contributed by atoms with Gasteiger partial charge in [0.15, 0.2) is 0 Å². The Bertz CT molecular complexity index is 857. The Morgan fingerprint density at radius 3 is 2.81 bits per heavy atom. The molecule has 1 aromatic carbocycles. The van der Waals surface area contributed by atoms with Crippen molar-refractivity contribution in [3.05, 3.63) is 52.9 Å². The molecule has 0 fully saturated rings. The Kier molecular flexibility index (Phi) is 6.74. The van der Waals surface area contributed by atoms with Crippen molar-refractivity contribution in [1.29, 1.82) is 0 Å². The zero-order valence-corrected chi connectivity index (χ0v) is 17.0. The van der Waals surface area contributed by atoms with Crippen molar-refractivity contribution >= 4 is 40.0 Å². The number of hydrogen-bond donors (Lipinski definition) is 1. The molecule has 4 nitrogen and oxygen atoms in total. The number of fused-ring (bicyclic) bond motifs is 1. The highest BCUT2D eigenvalue weighted by atomic mass is 32.2. The predicted molar refractivity (Wildman–Crippen MR) is 114 cm³/mol. The van der Waals surface area contributed by atoms with E-state index in [-0.39, 0.29) is 5.91 Å². The number of thiophene rings is 1. The number of rotatable bonds is 7. The molecule has 0 radical (unpaired) electrons. The Morgan fingerprint density at radius 2 is 2.07 bits per heavy atom. The smallest absolute Gasteiger partial charge is 0.341 e. The zero-order chi connectivity index (χ0) is 19.2. The summed E-state index contributed by atoms with van der Waals surface area (Å²) in [6, 6.07) is 6.39. The summed E-state index contributed by atoms with van der Waals surface area (Å²) in [6.07, 6.45) is 6.39. The molecule has 1 aromatic heterocycles. The van der Waals surface area contributed by atoms with Gasteiger partial charge in [-0.25, -0.2) is 4.79 Å². The average Bonchev–Trinajstić information content (AvgIpc) is 3.10. The van der Waals surface area contributed by atoms with Gasteiger partial charge in [0.25, 0.3) is 0 Å². The molecule has 6 heteroatoms. The van der Waals surface area contributed by atoms with Crippen LogP contribution in [0.5, 0.6) is 0 Å². The molecule has 0 atom stereocenters. The number of aryl methyl sites for hydroxylation is 2. The highest BCUT2D eigenvalue weighted by Gasteiger charge is 2.23. The molecular weight excluding hydrogens is 378 g/mol. The molecule has 2 aromatic rings. The van der Waals surface area contributed by atoms with E-state index in [1.54, 1.807) is 6.08 Å². The van der Waals surface area contributed by atoms with Crippen LogP contribution in [-0.4, -0.2) is 30.5 Å². The minimum Gasteiger partial charge on any atom is -0.465 e. The summed E-state index contributed by atoms with van der Waals surface area (Å²) in [5, 5.41) is 5.32. The molecule has 27 heavy (non-hydrogen) atoms. The summed E-state index contributed by atoms with van der Waals surface area (Å²) in [6.45, 7) is 3.65. The largest absolute Gasteiger partial charge is 0.465 e. The lowest BCUT2D eigenvalue weighted by atomic mass is 9.89. The first kappa shape index (κ1) is 19.7. The van der Waals surface area contributed by atoms with Gasteiger partial charge in [0.2, 0.25) is 5.91 Å². The van der Waals surface area contributed by atoms with Crippen LogP contribution in [0.2, 0.25) is 0 Å². The van der Waals surface area contributed by atoms with Gasteiger partial charge in [-0.2, -0.15) is 0 Å². The number of methoxy groups -OCH3 is 1. The number of esters is 1. The van der Waals surface area contributed by atoms with Gasteiger partial charge in [0, 0.05) is 16.7 Å². The lowest BCUT2D eigenvalue weighted by molar-refractivity contribution is -0.113. The number of hydrogen-bond acceptors (Lipinski definition) is 5. The van der Waals surface area contributed by atoms with Crippen molar-refractivity contribution in [2.45, 2.75) is 25.7 Å². The van der Waals surface area contributed by atoms with Gasteiger partial charge in [-0.3, -0.25) is 4.79 Å². The van der Waals surface area contributed by atoms with Crippen molar-refractivity contribution in [3.63, 3.8) is 0 Å². The van der Waals surface area contributed by atoms with E-state index in [1.165, 1.54) is 54.2 Å². The van der Waals surface area contributed by atoms with Gasteiger partial charge in [-0.05, 0) is 42.4 Å². The molecule has 1 amide bonds. The zero-order valence-electron chi connectivity index (χ0n) is 15.4. The van der Waals surface area contributed by atoms with E-state index in [9.17, 15) is 9.59 Å². The highest BCUT2D eigenvalue weighted by molar-refractivity contribution is 8.00. The number of thioether (sulfide) groups is 1. The molecule has 0 bridgehead atoms. The van der Waals surface area contributed by atoms with Gasteiger partial charge in [0.05, 0.1) is 12.9 Å². The van der Waals surface area contributed by atoms with Crippen molar-refractivity contribution < 1.29 is 14.3 Å². The quantitative estimate of drug-likeness (QED) is 0.406. The van der Waals surface area contributed by atoms with Crippen LogP contribution in [0, 0.1) is 0 Å². The van der Waals surface area contributed by atoms with Crippen LogP contribution in [-0.2, 0) is 22.4 Å². The number of carbonyl (C=O) groups is 2. The molecule has 1 heterocycles. The number of nitrogens with one attached hydrogen (secondary N) is 1. The predicted octanol–water partition coefficient (Wildman–Crippen LogP) is 4.94. The van der Waals surface area contributed by atoms with Crippen LogP contribution in [0.25, 0.3) is 11.1 Å². The number of carbonyl (C=O) groups excluding carboxylic acids is 2. The summed E-state index contributed by atoms with van der Waals surface area (Å²) in [4.78, 5) is 24.6. The Morgan fingerprint density at radius 1 is 1.30 bits per heavy atom. The van der Waals surface area contributed by atoms with E-state index >= 15 is 0 Å². The van der Waals surface area contributed by atoms with E-state index in [0.717, 1.165) is 24.0 Å². The molecular formula is C21H23NO3S2. The monoisotopic (exact) mass is 401 g/mol. The van der Waals surface area contributed by atoms with Gasteiger partial charge in [-0.15, -0.1) is 29.7 Å². The normalized spacial score (nSPS) is 12.9. The van der Waals surface area contributed by atoms with Crippen molar-refractivity contribution in [2.75, 3.05) is 23.9 Å². The minimum absolute atomic E-state index is 0.133. The fourth-order valence-electron chi connectivity index (χ4n) is 3.27. The molecule has 142 valence electrons. The third kappa shape index (κ3) is 4.62. The fourth-order valence-corrected chi connectivity index (χ4v) is 4.78. The molecule has 0 saturated carbocycles. The van der Waals surface area contributed by atoms with Crippen LogP contribution in [0.15, 0.2) is 36.2 Å². The molecule has 1 aliphatic carbocycles. The molecule has 0 unspecified atom stereocenters. The first-order chi connectivity index (χ1) is 13.1. The van der Waals surface area contributed by atoms with Crippen molar-refractivity contribution in [3.8, 4) is 11.1 Å². The van der Waals surface area contributed by atoms with Crippen LogP contribution < -0.4 is 5.32 Å². The summed E-state index contributed by atoms with van der Waals surface area (Å²) in [5.74, 6) is 0.463. The van der Waals surface area contributed by atoms with Crippen LogP contribution in [0.4, 0.5) is 5.00 Å². The van der Waals surface area contributed by atoms with Gasteiger partial charge >= 0.3 is 5.97 Å². The lowest BCUT2D eigenvalue weighted by Crippen LogP contribution is -2.16. The maximum atomic E-state index is 12.4. The third-order valence-corrected chi connectivity index (χ3v) is 6.40. The average molecular weight is 402 g/mol. The summed E-state index contributed by atoms with van der Waals surface area (Å²) >= 11 is 2.84. The summed E-state index contributed by atoms with van der Waals surface area (Å²) < 4.78 is 4.99. The molecule has 1 aliphatic rings. The Balaban J connectivity index is 1.89. The van der Waals surface area contributed by atoms with Crippen LogP contribution in [0.3, 0.4) is 0 Å². The molecule has 1 N–H and O–H groups in total. The third-order valence-electron chi connectivity index (χ3n) is 4.56. The van der Waals surface area contributed by atoms with E-state index in [0.29, 0.717) is 22.1 Å². The van der Waals surface area contributed by atoms with Crippen molar-refractivity contribution in [1.82, 2.24) is 0 Å². The molecule has 0 aliphatic heterocycles. The summed E-state index contributed by atoms with van der Waals surface area (Å²) in [7, 11) is 1.36. The minimum atomic E-state index is -0.432. The van der Waals surface area contributed by atoms with Crippen LogP contribution >= 0.6 is 23.1 Å². The standard InChI is InChI=1S/C21H23NO3S2/c1-3-10-26-13-18(23)22-20-19(21(24)25-2)17(12-27-20)16-9-8-14-6-4-5-7-15(14)11-16/h3,8-9,11-12H,1,4-7,10,13H2,2H3,(H,22,23). The molecule has 3 rings (SSSR count). The van der Waals surface area contributed by atoms with Crippen molar-refractivity contribution in [2.24, 2.45) is 0 Å². The van der Waals surface area contributed by atoms with E-state index in [2.05, 4.69) is 30.1 Å². The lowest BCUT2D eigenvalue weighted by Gasteiger charge is -2.16. The second-order valence-electron chi connectivity index (χ2n) is 6.39. The first-order valence-corrected chi connectivity index (χ1v) is 11.0. The maximum Gasteiger partial charge on any atom is 0.341 e. The number of ether oxygens (including phenoxy) is 1. The second kappa shape index (κ2) is 9.24. The SMILES string of the molecule is C=CCSCC(=O)Nc1scc(-c2ccc3c(c2)CCCC3)c1C(=O)OC. The van der Waals surface area contributed by atoms with Crippen LogP contribution in [0.1, 0.15) is 34.3 Å². The number of anilines is 1. The number of amides is 1. The van der Waals surface area contributed by atoms with Gasteiger partial charge in [-0.1, -0.05) is 24.3 Å². The fraction of sp³-hybridized carbons (Fsp3) is 0.333. The maximum absolute atomic E-state index is 12.4. The second-order valence-corrected chi connectivity index (χ2v) is 8.30. The Hall–Kier alpha value is -2.05. The number of benzene rings is 1. The first-order valence-electron chi connectivity index (χ1n) is 8.94.